The van der Waals surface area contributed by atoms with Gasteiger partial charge in [0.05, 0.1) is 24.7 Å². The lowest BCUT2D eigenvalue weighted by molar-refractivity contribution is 0.0635. The van der Waals surface area contributed by atoms with E-state index < -0.39 is 28.7 Å². The molecule has 8 heteroatoms. The molecule has 1 aromatic heterocycles. The number of fused-ring (bicyclic) bond motifs is 1. The van der Waals surface area contributed by atoms with Gasteiger partial charge in [0, 0.05) is 11.1 Å². The molecule has 1 aliphatic rings. The lowest BCUT2D eigenvalue weighted by Gasteiger charge is -2.32. The normalized spacial score (nSPS) is 17.4. The second kappa shape index (κ2) is 7.88. The van der Waals surface area contributed by atoms with Gasteiger partial charge in [0.25, 0.3) is 5.91 Å². The smallest absolute Gasteiger partial charge is 0.262 e. The Labute approximate surface area is 177 Å². The largest absolute Gasteiger partial charge is 0.480 e. The number of anilines is 1. The van der Waals surface area contributed by atoms with Gasteiger partial charge in [-0.25, -0.2) is 13.8 Å². The van der Waals surface area contributed by atoms with Crippen LogP contribution in [0.2, 0.25) is 0 Å². The topological polar surface area (TPSA) is 84.3 Å². The van der Waals surface area contributed by atoms with Crippen molar-refractivity contribution in [2.45, 2.75) is 19.4 Å². The van der Waals surface area contributed by atoms with Gasteiger partial charge in [0.1, 0.15) is 28.5 Å². The van der Waals surface area contributed by atoms with Crippen molar-refractivity contribution in [3.8, 4) is 5.75 Å². The van der Waals surface area contributed by atoms with Gasteiger partial charge in [0.15, 0.2) is 5.82 Å². The molecule has 0 radical (unpaired) electrons. The minimum absolute atomic E-state index is 0.0402. The molecule has 0 bridgehead atoms. The van der Waals surface area contributed by atoms with Gasteiger partial charge in [-0.3, -0.25) is 9.78 Å². The van der Waals surface area contributed by atoms with Gasteiger partial charge in [0.2, 0.25) is 0 Å². The second-order valence-electron chi connectivity index (χ2n) is 7.47. The number of benzene rings is 2. The molecule has 4 rings (SSSR count). The maximum atomic E-state index is 13.8. The Morgan fingerprint density at radius 1 is 1.16 bits per heavy atom. The first-order valence-electron chi connectivity index (χ1n) is 9.51. The standard InChI is InChI=1S/C23H19F2N3O3/c1-13-6-7-19-14(8-13)15(9-23(2,12-29)31-19)18-10-27-20(11-26-18)28-22(30)21-16(24)4-3-5-17(21)25/h3-11,29H,12H2,1-2H3,(H,27,28,30). The van der Waals surface area contributed by atoms with E-state index in [4.69, 9.17) is 4.74 Å². The van der Waals surface area contributed by atoms with Crippen molar-refractivity contribution in [1.29, 1.82) is 0 Å². The molecule has 1 aliphatic heterocycles. The molecule has 158 valence electrons. The van der Waals surface area contributed by atoms with Crippen molar-refractivity contribution in [2.75, 3.05) is 11.9 Å². The molecule has 0 aliphatic carbocycles. The number of aliphatic hydroxyl groups is 1. The van der Waals surface area contributed by atoms with Gasteiger partial charge in [-0.05, 0) is 44.2 Å². The van der Waals surface area contributed by atoms with E-state index in [0.29, 0.717) is 17.0 Å². The number of nitrogens with zero attached hydrogens (tertiary/aromatic N) is 2. The third kappa shape index (κ3) is 4.02. The number of carbonyl (C=O) groups is 1. The zero-order valence-corrected chi connectivity index (χ0v) is 16.8. The van der Waals surface area contributed by atoms with Crippen LogP contribution in [0.15, 0.2) is 54.9 Å². The SMILES string of the molecule is Cc1ccc2c(c1)C(c1cnc(NC(=O)c3c(F)cccc3F)cn1)=CC(C)(CO)O2. The Hall–Kier alpha value is -3.65. The van der Waals surface area contributed by atoms with Gasteiger partial charge < -0.3 is 15.2 Å². The number of carbonyl (C=O) groups excluding carboxylic acids is 1. The number of amides is 1. The molecule has 31 heavy (non-hydrogen) atoms. The highest BCUT2D eigenvalue weighted by Gasteiger charge is 2.31. The first-order valence-corrected chi connectivity index (χ1v) is 9.51. The molecule has 1 amide bonds. The van der Waals surface area contributed by atoms with Gasteiger partial charge in [-0.15, -0.1) is 0 Å². The van der Waals surface area contributed by atoms with Crippen LogP contribution in [0.5, 0.6) is 5.75 Å². The van der Waals surface area contributed by atoms with Gasteiger partial charge in [-0.2, -0.15) is 0 Å². The maximum Gasteiger partial charge on any atom is 0.262 e. The predicted molar refractivity (Wildman–Crippen MR) is 111 cm³/mol. The molecule has 6 nitrogen and oxygen atoms in total. The van der Waals surface area contributed by atoms with Crippen molar-refractivity contribution >= 4 is 17.3 Å². The molecule has 0 saturated carbocycles. The lowest BCUT2D eigenvalue weighted by Crippen LogP contribution is -2.37. The molecule has 0 spiro atoms. The monoisotopic (exact) mass is 423 g/mol. The summed E-state index contributed by atoms with van der Waals surface area (Å²) in [5.74, 6) is -2.25. The van der Waals surface area contributed by atoms with Crippen LogP contribution in [-0.2, 0) is 0 Å². The van der Waals surface area contributed by atoms with Crippen LogP contribution in [0, 0.1) is 18.6 Å². The summed E-state index contributed by atoms with van der Waals surface area (Å²) in [6.45, 7) is 3.46. The molecule has 0 fully saturated rings. The molecule has 3 aromatic rings. The summed E-state index contributed by atoms with van der Waals surface area (Å²) in [6, 6.07) is 8.86. The summed E-state index contributed by atoms with van der Waals surface area (Å²) in [5.41, 5.74) is 1.39. The summed E-state index contributed by atoms with van der Waals surface area (Å²) in [5, 5.41) is 12.1. The third-order valence-corrected chi connectivity index (χ3v) is 4.89. The number of aliphatic hydroxyl groups excluding tert-OH is 1. The Balaban J connectivity index is 1.65. The van der Waals surface area contributed by atoms with E-state index in [9.17, 15) is 18.7 Å². The average molecular weight is 423 g/mol. The van der Waals surface area contributed by atoms with Crippen molar-refractivity contribution in [3.63, 3.8) is 0 Å². The summed E-state index contributed by atoms with van der Waals surface area (Å²) in [4.78, 5) is 20.8. The molecule has 2 aromatic carbocycles. The van der Waals surface area contributed by atoms with Crippen molar-refractivity contribution in [3.05, 3.63) is 88.9 Å². The fourth-order valence-corrected chi connectivity index (χ4v) is 3.32. The number of halogens is 2. The summed E-state index contributed by atoms with van der Waals surface area (Å²) >= 11 is 0. The number of hydrogen-bond acceptors (Lipinski definition) is 5. The fourth-order valence-electron chi connectivity index (χ4n) is 3.32. The minimum atomic E-state index is -0.968. The highest BCUT2D eigenvalue weighted by atomic mass is 19.1. The number of aryl methyl sites for hydroxylation is 1. The van der Waals surface area contributed by atoms with Crippen molar-refractivity contribution in [2.24, 2.45) is 0 Å². The zero-order valence-electron chi connectivity index (χ0n) is 16.8. The van der Waals surface area contributed by atoms with E-state index in [1.165, 1.54) is 18.5 Å². The zero-order chi connectivity index (χ0) is 22.2. The van der Waals surface area contributed by atoms with Crippen molar-refractivity contribution < 1.29 is 23.4 Å². The second-order valence-corrected chi connectivity index (χ2v) is 7.47. The first-order chi connectivity index (χ1) is 14.8. The molecule has 1 unspecified atom stereocenters. The number of hydrogen-bond donors (Lipinski definition) is 2. The highest BCUT2D eigenvalue weighted by Crippen LogP contribution is 2.39. The molecule has 2 N–H and O–H groups in total. The van der Waals surface area contributed by atoms with Crippen LogP contribution in [0.3, 0.4) is 0 Å². The molecule has 1 atom stereocenters. The molecular formula is C23H19F2N3O3. The predicted octanol–water partition coefficient (Wildman–Crippen LogP) is 3.89. The molecular weight excluding hydrogens is 404 g/mol. The van der Waals surface area contributed by atoms with E-state index in [1.54, 1.807) is 13.0 Å². The highest BCUT2D eigenvalue weighted by molar-refractivity contribution is 6.04. The Morgan fingerprint density at radius 2 is 1.90 bits per heavy atom. The molecule has 2 heterocycles. The van der Waals surface area contributed by atoms with Gasteiger partial charge in [-0.1, -0.05) is 17.7 Å². The molecule has 0 saturated heterocycles. The van der Waals surface area contributed by atoms with Gasteiger partial charge >= 0.3 is 0 Å². The third-order valence-electron chi connectivity index (χ3n) is 4.89. The van der Waals surface area contributed by atoms with Crippen LogP contribution in [0.4, 0.5) is 14.6 Å². The number of rotatable bonds is 4. The number of aromatic nitrogens is 2. The van der Waals surface area contributed by atoms with Crippen LogP contribution in [0.1, 0.15) is 34.1 Å². The van der Waals surface area contributed by atoms with Crippen LogP contribution in [0.25, 0.3) is 5.57 Å². The van der Waals surface area contributed by atoms with Crippen LogP contribution < -0.4 is 10.1 Å². The van der Waals surface area contributed by atoms with E-state index in [-0.39, 0.29) is 12.4 Å². The number of ether oxygens (including phenoxy) is 1. The first kappa shape index (κ1) is 20.6. The van der Waals surface area contributed by atoms with Crippen molar-refractivity contribution in [1.82, 2.24) is 9.97 Å². The van der Waals surface area contributed by atoms with E-state index in [2.05, 4.69) is 15.3 Å². The van der Waals surface area contributed by atoms with E-state index >= 15 is 0 Å². The van der Waals surface area contributed by atoms with Crippen LogP contribution in [-0.4, -0.2) is 33.2 Å². The Bertz CT molecular complexity index is 1170. The fraction of sp³-hybridized carbons (Fsp3) is 0.174. The Morgan fingerprint density at radius 3 is 2.55 bits per heavy atom. The summed E-state index contributed by atoms with van der Waals surface area (Å²) in [7, 11) is 0. The minimum Gasteiger partial charge on any atom is -0.480 e. The maximum absolute atomic E-state index is 13.8. The summed E-state index contributed by atoms with van der Waals surface area (Å²) in [6.07, 6.45) is 4.51. The Kier molecular flexibility index (Phi) is 5.24. The van der Waals surface area contributed by atoms with Crippen LogP contribution >= 0.6 is 0 Å². The van der Waals surface area contributed by atoms with E-state index in [1.807, 2.05) is 25.1 Å². The average Bonchev–Trinajstić information content (AvgIpc) is 2.74. The quantitative estimate of drug-likeness (QED) is 0.665. The lowest BCUT2D eigenvalue weighted by atomic mass is 9.91. The number of nitrogens with one attached hydrogen (secondary N) is 1. The summed E-state index contributed by atoms with van der Waals surface area (Å²) < 4.78 is 33.5. The van der Waals surface area contributed by atoms with E-state index in [0.717, 1.165) is 23.3 Å².